The highest BCUT2D eigenvalue weighted by Crippen LogP contribution is 2.24. The van der Waals surface area contributed by atoms with Crippen LogP contribution in [0.2, 0.25) is 0 Å². The first-order valence-electron chi connectivity index (χ1n) is 6.97. The number of carbonyl (C=O) groups is 2. The summed E-state index contributed by atoms with van der Waals surface area (Å²) in [7, 11) is 1.58. The molecule has 6 nitrogen and oxygen atoms in total. The van der Waals surface area contributed by atoms with E-state index < -0.39 is 0 Å². The molecule has 0 radical (unpaired) electrons. The minimum absolute atomic E-state index is 0.0176. The Bertz CT molecular complexity index is 504. The molecule has 1 aliphatic heterocycles. The van der Waals surface area contributed by atoms with Gasteiger partial charge in [0.2, 0.25) is 11.8 Å². The van der Waals surface area contributed by atoms with Crippen molar-refractivity contribution >= 4 is 23.2 Å². The van der Waals surface area contributed by atoms with Gasteiger partial charge in [-0.05, 0) is 24.6 Å². The summed E-state index contributed by atoms with van der Waals surface area (Å²) in [4.78, 5) is 25.2. The maximum absolute atomic E-state index is 11.7. The fraction of sp³-hybridized carbons (Fsp3) is 0.467. The van der Waals surface area contributed by atoms with Crippen LogP contribution >= 0.6 is 0 Å². The number of hydrogen-bond donors (Lipinski definition) is 1. The van der Waals surface area contributed by atoms with Crippen LogP contribution in [0, 0.1) is 0 Å². The second-order valence-electron chi connectivity index (χ2n) is 4.79. The van der Waals surface area contributed by atoms with Crippen molar-refractivity contribution < 1.29 is 19.1 Å². The molecule has 0 unspecified atom stereocenters. The van der Waals surface area contributed by atoms with E-state index in [1.54, 1.807) is 24.1 Å². The van der Waals surface area contributed by atoms with Crippen molar-refractivity contribution in [3.05, 3.63) is 24.3 Å². The SMILES string of the molecule is COCCOCC(=O)Nc1cccc(N2CCCC2=O)c1. The molecule has 21 heavy (non-hydrogen) atoms. The van der Waals surface area contributed by atoms with Crippen LogP contribution in [-0.4, -0.2) is 45.3 Å². The minimum Gasteiger partial charge on any atom is -0.382 e. The fourth-order valence-corrected chi connectivity index (χ4v) is 2.18. The first-order valence-corrected chi connectivity index (χ1v) is 6.97. The lowest BCUT2D eigenvalue weighted by Gasteiger charge is -2.16. The number of rotatable bonds is 7. The number of amides is 2. The number of nitrogens with zero attached hydrogens (tertiary/aromatic N) is 1. The Morgan fingerprint density at radius 1 is 1.38 bits per heavy atom. The molecule has 1 N–H and O–H groups in total. The van der Waals surface area contributed by atoms with E-state index in [0.717, 1.165) is 18.7 Å². The van der Waals surface area contributed by atoms with Crippen LogP contribution in [0.15, 0.2) is 24.3 Å². The van der Waals surface area contributed by atoms with Crippen LogP contribution in [0.1, 0.15) is 12.8 Å². The summed E-state index contributed by atoms with van der Waals surface area (Å²) in [5.74, 6) is -0.0997. The smallest absolute Gasteiger partial charge is 0.250 e. The molecule has 1 heterocycles. The number of methoxy groups -OCH3 is 1. The van der Waals surface area contributed by atoms with E-state index >= 15 is 0 Å². The Kier molecular flexibility index (Phi) is 5.71. The van der Waals surface area contributed by atoms with Gasteiger partial charge in [-0.25, -0.2) is 0 Å². The van der Waals surface area contributed by atoms with E-state index in [1.807, 2.05) is 12.1 Å². The lowest BCUT2D eigenvalue weighted by Crippen LogP contribution is -2.24. The molecule has 1 aromatic carbocycles. The lowest BCUT2D eigenvalue weighted by molar-refractivity contribution is -0.121. The summed E-state index contributed by atoms with van der Waals surface area (Å²) in [6, 6.07) is 7.28. The van der Waals surface area contributed by atoms with Crippen molar-refractivity contribution in [2.75, 3.05) is 43.7 Å². The van der Waals surface area contributed by atoms with Gasteiger partial charge < -0.3 is 19.7 Å². The third-order valence-corrected chi connectivity index (χ3v) is 3.18. The average Bonchev–Trinajstić information content (AvgIpc) is 2.90. The highest BCUT2D eigenvalue weighted by molar-refractivity contribution is 5.97. The van der Waals surface area contributed by atoms with Gasteiger partial charge in [-0.2, -0.15) is 0 Å². The average molecular weight is 292 g/mol. The van der Waals surface area contributed by atoms with Crippen LogP contribution < -0.4 is 10.2 Å². The molecule has 2 rings (SSSR count). The van der Waals surface area contributed by atoms with Crippen LogP contribution in [-0.2, 0) is 19.1 Å². The minimum atomic E-state index is -0.226. The molecule has 0 aliphatic carbocycles. The molecule has 0 atom stereocenters. The molecular weight excluding hydrogens is 272 g/mol. The molecule has 1 saturated heterocycles. The summed E-state index contributed by atoms with van der Waals surface area (Å²) in [5.41, 5.74) is 1.48. The molecule has 1 aliphatic rings. The van der Waals surface area contributed by atoms with E-state index in [9.17, 15) is 9.59 Å². The lowest BCUT2D eigenvalue weighted by atomic mass is 10.2. The van der Waals surface area contributed by atoms with Gasteiger partial charge in [-0.3, -0.25) is 9.59 Å². The zero-order chi connectivity index (χ0) is 15.1. The van der Waals surface area contributed by atoms with Gasteiger partial charge in [0.15, 0.2) is 0 Å². The number of ether oxygens (including phenoxy) is 2. The third-order valence-electron chi connectivity index (χ3n) is 3.18. The molecule has 0 spiro atoms. The topological polar surface area (TPSA) is 67.9 Å². The van der Waals surface area contributed by atoms with E-state index in [1.165, 1.54) is 0 Å². The molecule has 0 aromatic heterocycles. The number of anilines is 2. The summed E-state index contributed by atoms with van der Waals surface area (Å²) < 4.78 is 9.98. The maximum Gasteiger partial charge on any atom is 0.250 e. The molecule has 0 saturated carbocycles. The molecule has 1 aromatic rings. The Morgan fingerprint density at radius 2 is 2.24 bits per heavy atom. The van der Waals surface area contributed by atoms with Gasteiger partial charge in [0.05, 0.1) is 13.2 Å². The summed E-state index contributed by atoms with van der Waals surface area (Å²) >= 11 is 0. The largest absolute Gasteiger partial charge is 0.382 e. The van der Waals surface area contributed by atoms with Gasteiger partial charge in [0, 0.05) is 31.5 Å². The van der Waals surface area contributed by atoms with Crippen molar-refractivity contribution in [3.63, 3.8) is 0 Å². The predicted molar refractivity (Wildman–Crippen MR) is 79.4 cm³/mol. The van der Waals surface area contributed by atoms with Crippen molar-refractivity contribution in [1.82, 2.24) is 0 Å². The summed E-state index contributed by atoms with van der Waals surface area (Å²) in [5, 5.41) is 2.75. The molecule has 2 amide bonds. The first kappa shape index (κ1) is 15.5. The first-order chi connectivity index (χ1) is 10.2. The van der Waals surface area contributed by atoms with Gasteiger partial charge >= 0.3 is 0 Å². The number of benzene rings is 1. The zero-order valence-electron chi connectivity index (χ0n) is 12.1. The third kappa shape index (κ3) is 4.54. The molecule has 114 valence electrons. The molecular formula is C15H20N2O4. The molecule has 6 heteroatoms. The van der Waals surface area contributed by atoms with Crippen molar-refractivity contribution in [2.45, 2.75) is 12.8 Å². The monoisotopic (exact) mass is 292 g/mol. The second-order valence-corrected chi connectivity index (χ2v) is 4.79. The Labute approximate surface area is 124 Å². The highest BCUT2D eigenvalue weighted by Gasteiger charge is 2.21. The summed E-state index contributed by atoms with van der Waals surface area (Å²) in [6.45, 7) is 1.55. The van der Waals surface area contributed by atoms with Gasteiger partial charge in [-0.15, -0.1) is 0 Å². The normalized spacial score (nSPS) is 14.5. The van der Waals surface area contributed by atoms with Crippen LogP contribution in [0.5, 0.6) is 0 Å². The molecule has 0 bridgehead atoms. The van der Waals surface area contributed by atoms with E-state index in [4.69, 9.17) is 9.47 Å². The fourth-order valence-electron chi connectivity index (χ4n) is 2.18. The van der Waals surface area contributed by atoms with Crippen molar-refractivity contribution in [2.24, 2.45) is 0 Å². The zero-order valence-corrected chi connectivity index (χ0v) is 12.1. The quantitative estimate of drug-likeness (QED) is 0.772. The standard InChI is InChI=1S/C15H20N2O4/c1-20-8-9-21-11-14(18)16-12-4-2-5-13(10-12)17-7-3-6-15(17)19/h2,4-5,10H,3,6-9,11H2,1H3,(H,16,18). The van der Waals surface area contributed by atoms with Crippen molar-refractivity contribution in [3.8, 4) is 0 Å². The molecule has 1 fully saturated rings. The van der Waals surface area contributed by atoms with Gasteiger partial charge in [0.1, 0.15) is 6.61 Å². The predicted octanol–water partition coefficient (Wildman–Crippen LogP) is 1.41. The Morgan fingerprint density at radius 3 is 2.95 bits per heavy atom. The Balaban J connectivity index is 1.89. The number of hydrogen-bond acceptors (Lipinski definition) is 4. The second kappa shape index (κ2) is 7.75. The number of nitrogens with one attached hydrogen (secondary N) is 1. The van der Waals surface area contributed by atoms with Gasteiger partial charge in [-0.1, -0.05) is 6.07 Å². The van der Waals surface area contributed by atoms with Gasteiger partial charge in [0.25, 0.3) is 0 Å². The highest BCUT2D eigenvalue weighted by atomic mass is 16.5. The van der Waals surface area contributed by atoms with E-state index in [-0.39, 0.29) is 18.4 Å². The Hall–Kier alpha value is -1.92. The van der Waals surface area contributed by atoms with Crippen LogP contribution in [0.25, 0.3) is 0 Å². The summed E-state index contributed by atoms with van der Waals surface area (Å²) in [6.07, 6.45) is 1.46. The van der Waals surface area contributed by atoms with Crippen molar-refractivity contribution in [1.29, 1.82) is 0 Å². The van der Waals surface area contributed by atoms with Crippen LogP contribution in [0.4, 0.5) is 11.4 Å². The van der Waals surface area contributed by atoms with E-state index in [2.05, 4.69) is 5.32 Å². The number of carbonyl (C=O) groups excluding carboxylic acids is 2. The van der Waals surface area contributed by atoms with Crippen LogP contribution in [0.3, 0.4) is 0 Å². The maximum atomic E-state index is 11.7. The van der Waals surface area contributed by atoms with E-state index in [0.29, 0.717) is 25.3 Å².